The number of anilines is 2. The first kappa shape index (κ1) is 21.6. The van der Waals surface area contributed by atoms with E-state index in [1.54, 1.807) is 31.4 Å². The maximum absolute atomic E-state index is 13.2. The fourth-order valence-electron chi connectivity index (χ4n) is 3.29. The smallest absolute Gasteiger partial charge is 0.250 e. The van der Waals surface area contributed by atoms with E-state index in [4.69, 9.17) is 15.2 Å². The standard InChI is InChI=1S/C25H23N5O3/c1-32-19-12-14-20(15-13-19)33-25-22(26)23(27-16-28-25)29-30-24(31)21(17-8-4-2-5-9-17)18-10-6-3-7-11-18/h2-16,21H,26H2,1H3,(H,30,31)(H,27,28,29). The molecule has 0 unspecified atom stereocenters. The van der Waals surface area contributed by atoms with Crippen LogP contribution in [0.3, 0.4) is 0 Å². The Hall–Kier alpha value is -4.59. The number of ether oxygens (including phenoxy) is 2. The Kier molecular flexibility index (Phi) is 6.65. The molecule has 1 heterocycles. The third-order valence-electron chi connectivity index (χ3n) is 4.95. The van der Waals surface area contributed by atoms with Gasteiger partial charge in [0, 0.05) is 0 Å². The van der Waals surface area contributed by atoms with Gasteiger partial charge in [0.25, 0.3) is 0 Å². The highest BCUT2D eigenvalue weighted by atomic mass is 16.5. The van der Waals surface area contributed by atoms with E-state index in [2.05, 4.69) is 20.8 Å². The van der Waals surface area contributed by atoms with Crippen molar-refractivity contribution >= 4 is 17.4 Å². The number of hydrogen-bond donors (Lipinski definition) is 3. The number of methoxy groups -OCH3 is 1. The highest BCUT2D eigenvalue weighted by Gasteiger charge is 2.23. The van der Waals surface area contributed by atoms with Crippen LogP contribution < -0.4 is 26.1 Å². The van der Waals surface area contributed by atoms with Gasteiger partial charge in [0.2, 0.25) is 11.8 Å². The molecule has 0 fully saturated rings. The maximum atomic E-state index is 13.2. The minimum atomic E-state index is -0.516. The molecule has 1 amide bonds. The van der Waals surface area contributed by atoms with Gasteiger partial charge in [-0.1, -0.05) is 60.7 Å². The zero-order valence-electron chi connectivity index (χ0n) is 17.9. The largest absolute Gasteiger partial charge is 0.497 e. The molecule has 3 aromatic carbocycles. The monoisotopic (exact) mass is 441 g/mol. The number of hydrogen-bond acceptors (Lipinski definition) is 7. The van der Waals surface area contributed by atoms with Gasteiger partial charge in [-0.25, -0.2) is 4.98 Å². The van der Waals surface area contributed by atoms with Crippen molar-refractivity contribution in [3.63, 3.8) is 0 Å². The summed E-state index contributed by atoms with van der Waals surface area (Å²) in [6.45, 7) is 0. The molecule has 0 spiro atoms. The number of nitrogen functional groups attached to an aromatic ring is 1. The number of amides is 1. The highest BCUT2D eigenvalue weighted by Crippen LogP contribution is 2.30. The molecule has 1 aromatic heterocycles. The first-order valence-electron chi connectivity index (χ1n) is 10.2. The quantitative estimate of drug-likeness (QED) is 0.353. The molecule has 166 valence electrons. The Morgan fingerprint density at radius 1 is 0.848 bits per heavy atom. The van der Waals surface area contributed by atoms with Crippen molar-refractivity contribution < 1.29 is 14.3 Å². The summed E-state index contributed by atoms with van der Waals surface area (Å²) in [7, 11) is 1.59. The molecule has 0 bridgehead atoms. The molecule has 8 nitrogen and oxygen atoms in total. The zero-order valence-corrected chi connectivity index (χ0v) is 17.9. The molecular weight excluding hydrogens is 418 g/mol. The van der Waals surface area contributed by atoms with Crippen LogP contribution >= 0.6 is 0 Å². The molecule has 4 rings (SSSR count). The lowest BCUT2D eigenvalue weighted by atomic mass is 9.91. The van der Waals surface area contributed by atoms with Crippen LogP contribution in [0.5, 0.6) is 17.4 Å². The van der Waals surface area contributed by atoms with E-state index < -0.39 is 5.92 Å². The van der Waals surface area contributed by atoms with E-state index in [9.17, 15) is 4.79 Å². The molecule has 0 aliphatic carbocycles. The summed E-state index contributed by atoms with van der Waals surface area (Å²) >= 11 is 0. The average molecular weight is 441 g/mol. The molecule has 0 radical (unpaired) electrons. The zero-order chi connectivity index (χ0) is 23.0. The molecule has 33 heavy (non-hydrogen) atoms. The summed E-state index contributed by atoms with van der Waals surface area (Å²) in [5.41, 5.74) is 13.6. The van der Waals surface area contributed by atoms with Crippen molar-refractivity contribution in [1.29, 1.82) is 0 Å². The number of nitrogens with one attached hydrogen (secondary N) is 2. The normalized spacial score (nSPS) is 10.5. The van der Waals surface area contributed by atoms with Crippen LogP contribution in [-0.4, -0.2) is 23.0 Å². The molecule has 0 aliphatic rings. The highest BCUT2D eigenvalue weighted by molar-refractivity contribution is 5.88. The van der Waals surface area contributed by atoms with E-state index in [1.165, 1.54) is 6.33 Å². The van der Waals surface area contributed by atoms with Crippen LogP contribution in [0.1, 0.15) is 17.0 Å². The number of aromatic nitrogens is 2. The first-order valence-corrected chi connectivity index (χ1v) is 10.2. The SMILES string of the molecule is COc1ccc(Oc2ncnc(NNC(=O)C(c3ccccc3)c3ccccc3)c2N)cc1. The van der Waals surface area contributed by atoms with Gasteiger partial charge in [0.05, 0.1) is 13.0 Å². The lowest BCUT2D eigenvalue weighted by Crippen LogP contribution is -2.35. The van der Waals surface area contributed by atoms with Crippen LogP contribution in [0.2, 0.25) is 0 Å². The second-order valence-electron chi connectivity index (χ2n) is 7.09. The fraction of sp³-hybridized carbons (Fsp3) is 0.0800. The van der Waals surface area contributed by atoms with Gasteiger partial charge >= 0.3 is 0 Å². The van der Waals surface area contributed by atoms with E-state index in [0.717, 1.165) is 11.1 Å². The van der Waals surface area contributed by atoms with Crippen molar-refractivity contribution in [3.8, 4) is 17.4 Å². The number of carbonyl (C=O) groups excluding carboxylic acids is 1. The fourth-order valence-corrected chi connectivity index (χ4v) is 3.29. The van der Waals surface area contributed by atoms with Crippen molar-refractivity contribution in [2.24, 2.45) is 0 Å². The number of nitrogens with zero attached hydrogens (tertiary/aromatic N) is 2. The van der Waals surface area contributed by atoms with Gasteiger partial charge in [-0.15, -0.1) is 0 Å². The van der Waals surface area contributed by atoms with Crippen molar-refractivity contribution in [1.82, 2.24) is 15.4 Å². The van der Waals surface area contributed by atoms with Crippen LogP contribution in [0.25, 0.3) is 0 Å². The third-order valence-corrected chi connectivity index (χ3v) is 4.95. The summed E-state index contributed by atoms with van der Waals surface area (Å²) in [6, 6.07) is 26.1. The number of benzene rings is 3. The number of rotatable bonds is 8. The number of hydrazine groups is 1. The second kappa shape index (κ2) is 10.1. The van der Waals surface area contributed by atoms with Crippen LogP contribution in [0.15, 0.2) is 91.3 Å². The van der Waals surface area contributed by atoms with Crippen LogP contribution in [0, 0.1) is 0 Å². The van der Waals surface area contributed by atoms with Gasteiger partial charge in [0.1, 0.15) is 23.5 Å². The predicted molar refractivity (Wildman–Crippen MR) is 126 cm³/mol. The average Bonchev–Trinajstić information content (AvgIpc) is 2.86. The summed E-state index contributed by atoms with van der Waals surface area (Å²) in [5, 5.41) is 0. The number of nitrogens with two attached hydrogens (primary N) is 1. The minimum Gasteiger partial charge on any atom is -0.497 e. The summed E-state index contributed by atoms with van der Waals surface area (Å²) < 4.78 is 10.9. The van der Waals surface area contributed by atoms with Crippen LogP contribution in [0.4, 0.5) is 11.5 Å². The van der Waals surface area contributed by atoms with Crippen molar-refractivity contribution in [2.75, 3.05) is 18.3 Å². The molecule has 0 aliphatic heterocycles. The molecule has 8 heteroatoms. The predicted octanol–water partition coefficient (Wildman–Crippen LogP) is 4.13. The van der Waals surface area contributed by atoms with Gasteiger partial charge in [0.15, 0.2) is 5.82 Å². The summed E-state index contributed by atoms with van der Waals surface area (Å²) in [5.74, 6) is 0.844. The Morgan fingerprint density at radius 3 is 2.00 bits per heavy atom. The Labute approximate surface area is 191 Å². The van der Waals surface area contributed by atoms with E-state index >= 15 is 0 Å². The Morgan fingerprint density at radius 2 is 1.42 bits per heavy atom. The van der Waals surface area contributed by atoms with Gasteiger partial charge in [-0.05, 0) is 35.4 Å². The van der Waals surface area contributed by atoms with Crippen LogP contribution in [-0.2, 0) is 4.79 Å². The third kappa shape index (κ3) is 5.19. The Bertz CT molecular complexity index is 1160. The maximum Gasteiger partial charge on any atom is 0.250 e. The van der Waals surface area contributed by atoms with Crippen molar-refractivity contribution in [3.05, 3.63) is 102 Å². The topological polar surface area (TPSA) is 111 Å². The summed E-state index contributed by atoms with van der Waals surface area (Å²) in [4.78, 5) is 21.4. The molecule has 0 atom stereocenters. The van der Waals surface area contributed by atoms with Gasteiger partial charge in [-0.2, -0.15) is 4.98 Å². The molecule has 0 saturated heterocycles. The second-order valence-corrected chi connectivity index (χ2v) is 7.09. The van der Waals surface area contributed by atoms with Gasteiger partial charge in [-0.3, -0.25) is 15.6 Å². The number of carbonyl (C=O) groups is 1. The Balaban J connectivity index is 1.50. The first-order chi connectivity index (χ1) is 16.2. The molecular formula is C25H23N5O3. The van der Waals surface area contributed by atoms with E-state index in [1.807, 2.05) is 60.7 Å². The molecule has 0 saturated carbocycles. The van der Waals surface area contributed by atoms with Crippen molar-refractivity contribution in [2.45, 2.75) is 5.92 Å². The van der Waals surface area contributed by atoms with E-state index in [-0.39, 0.29) is 23.3 Å². The van der Waals surface area contributed by atoms with E-state index in [0.29, 0.717) is 11.5 Å². The van der Waals surface area contributed by atoms with Gasteiger partial charge < -0.3 is 15.2 Å². The lowest BCUT2D eigenvalue weighted by molar-refractivity contribution is -0.121. The molecule has 4 aromatic rings. The lowest BCUT2D eigenvalue weighted by Gasteiger charge is -2.19. The minimum absolute atomic E-state index is 0.157. The molecule has 4 N–H and O–H groups in total. The summed E-state index contributed by atoms with van der Waals surface area (Å²) in [6.07, 6.45) is 1.30.